The van der Waals surface area contributed by atoms with Gasteiger partial charge in [-0.1, -0.05) is 19.1 Å². The molecule has 1 atom stereocenters. The molecule has 4 nitrogen and oxygen atoms in total. The zero-order valence-corrected chi connectivity index (χ0v) is 12.3. The third kappa shape index (κ3) is 4.20. The van der Waals surface area contributed by atoms with Gasteiger partial charge in [-0.05, 0) is 44.9 Å². The van der Waals surface area contributed by atoms with Crippen LogP contribution in [0.3, 0.4) is 0 Å². The van der Waals surface area contributed by atoms with Crippen molar-refractivity contribution in [1.82, 2.24) is 5.32 Å². The van der Waals surface area contributed by atoms with Gasteiger partial charge in [0, 0.05) is 0 Å². The molecule has 20 heavy (non-hydrogen) atoms. The quantitative estimate of drug-likeness (QED) is 0.718. The largest absolute Gasteiger partial charge is 0.491 e. The van der Waals surface area contributed by atoms with Crippen molar-refractivity contribution < 1.29 is 13.9 Å². The first kappa shape index (κ1) is 16.4. The third-order valence-corrected chi connectivity index (χ3v) is 3.35. The number of likely N-dealkylation sites (N-methyl/N-ethyl adjacent to an activating group) is 1. The summed E-state index contributed by atoms with van der Waals surface area (Å²) in [6, 6.07) is 5.04. The lowest BCUT2D eigenvalue weighted by atomic mass is 9.95. The van der Waals surface area contributed by atoms with Crippen LogP contribution in [-0.2, 0) is 4.79 Å². The Hall–Kier alpha value is -1.62. The van der Waals surface area contributed by atoms with Crippen LogP contribution in [0.4, 0.5) is 4.39 Å². The average molecular weight is 282 g/mol. The highest BCUT2D eigenvalue weighted by atomic mass is 19.1. The van der Waals surface area contributed by atoms with E-state index < -0.39 is 5.54 Å². The van der Waals surface area contributed by atoms with Gasteiger partial charge < -0.3 is 15.8 Å². The maximum absolute atomic E-state index is 13.7. The number of hydrogen-bond acceptors (Lipinski definition) is 3. The molecule has 0 saturated carbocycles. The summed E-state index contributed by atoms with van der Waals surface area (Å²) in [5, 5.41) is 3.07. The molecule has 0 aliphatic carbocycles. The van der Waals surface area contributed by atoms with Crippen LogP contribution in [0.5, 0.6) is 5.75 Å². The Kier molecular flexibility index (Phi) is 5.95. The monoisotopic (exact) mass is 282 g/mol. The molecule has 1 unspecified atom stereocenters. The number of hydrogen-bond donors (Lipinski definition) is 2. The fraction of sp³-hybridized carbons (Fsp3) is 0.533. The first-order chi connectivity index (χ1) is 9.40. The number of rotatable bonds is 8. The summed E-state index contributed by atoms with van der Waals surface area (Å²) in [6.45, 7) is 6.38. The molecule has 0 aromatic heterocycles. The van der Waals surface area contributed by atoms with Crippen molar-refractivity contribution in [3.63, 3.8) is 0 Å². The molecule has 0 radical (unpaired) electrons. The summed E-state index contributed by atoms with van der Waals surface area (Å²) < 4.78 is 19.1. The molecule has 0 heterocycles. The minimum absolute atomic E-state index is 0.245. The van der Waals surface area contributed by atoms with E-state index in [2.05, 4.69) is 5.32 Å². The molecule has 0 aliphatic rings. The molecule has 1 rings (SSSR count). The number of ether oxygens (including phenoxy) is 1. The zero-order valence-electron chi connectivity index (χ0n) is 12.3. The number of benzene rings is 1. The molecule has 0 bridgehead atoms. The summed E-state index contributed by atoms with van der Waals surface area (Å²) in [5.74, 6) is -0.479. The molecular formula is C15H23FN2O2. The molecule has 0 saturated heterocycles. The molecule has 3 N–H and O–H groups in total. The van der Waals surface area contributed by atoms with Gasteiger partial charge in [-0.3, -0.25) is 4.79 Å². The molecule has 0 fully saturated rings. The lowest BCUT2D eigenvalue weighted by Gasteiger charge is -2.26. The minimum Gasteiger partial charge on any atom is -0.491 e. The normalized spacial score (nSPS) is 13.8. The molecule has 5 heteroatoms. The number of primary amides is 1. The Labute approximate surface area is 119 Å². The highest BCUT2D eigenvalue weighted by molar-refractivity contribution is 5.84. The zero-order chi connectivity index (χ0) is 15.2. The van der Waals surface area contributed by atoms with Gasteiger partial charge in [0.2, 0.25) is 5.91 Å². The molecule has 0 spiro atoms. The van der Waals surface area contributed by atoms with Crippen LogP contribution >= 0.6 is 0 Å². The Balaban J connectivity index is 2.48. The van der Waals surface area contributed by atoms with E-state index in [-0.39, 0.29) is 17.5 Å². The van der Waals surface area contributed by atoms with E-state index in [4.69, 9.17) is 10.5 Å². The second kappa shape index (κ2) is 7.24. The smallest absolute Gasteiger partial charge is 0.237 e. The predicted octanol–water partition coefficient (Wildman–Crippen LogP) is 2.15. The summed E-state index contributed by atoms with van der Waals surface area (Å²) in [4.78, 5) is 11.4. The number of amides is 1. The maximum Gasteiger partial charge on any atom is 0.237 e. The predicted molar refractivity (Wildman–Crippen MR) is 77.1 cm³/mol. The van der Waals surface area contributed by atoms with Gasteiger partial charge in [0.1, 0.15) is 0 Å². The van der Waals surface area contributed by atoms with Gasteiger partial charge >= 0.3 is 0 Å². The summed E-state index contributed by atoms with van der Waals surface area (Å²) in [5.41, 5.74) is 5.20. The van der Waals surface area contributed by atoms with E-state index in [9.17, 15) is 9.18 Å². The number of nitrogens with two attached hydrogens (primary N) is 1. The van der Waals surface area contributed by atoms with Gasteiger partial charge in [0.05, 0.1) is 12.1 Å². The van der Waals surface area contributed by atoms with Crippen LogP contribution in [0.2, 0.25) is 0 Å². The molecular weight excluding hydrogens is 259 g/mol. The van der Waals surface area contributed by atoms with Crippen LogP contribution in [0.15, 0.2) is 18.2 Å². The Bertz CT molecular complexity index is 465. The lowest BCUT2D eigenvalue weighted by molar-refractivity contribution is -0.124. The fourth-order valence-corrected chi connectivity index (χ4v) is 2.03. The van der Waals surface area contributed by atoms with Crippen LogP contribution in [-0.4, -0.2) is 24.6 Å². The molecule has 1 amide bonds. The molecule has 0 aliphatic heterocycles. The van der Waals surface area contributed by atoms with E-state index in [1.807, 2.05) is 6.92 Å². The van der Waals surface area contributed by atoms with Gasteiger partial charge in [-0.15, -0.1) is 0 Å². The second-order valence-electron chi connectivity index (χ2n) is 5.07. The summed E-state index contributed by atoms with van der Waals surface area (Å²) in [6.07, 6.45) is 1.16. The van der Waals surface area contributed by atoms with Crippen molar-refractivity contribution in [2.45, 2.75) is 39.2 Å². The van der Waals surface area contributed by atoms with Gasteiger partial charge in [-0.25, -0.2) is 4.39 Å². The van der Waals surface area contributed by atoms with E-state index >= 15 is 0 Å². The molecule has 112 valence electrons. The Morgan fingerprint density at radius 3 is 2.80 bits per heavy atom. The van der Waals surface area contributed by atoms with Crippen LogP contribution in [0.25, 0.3) is 0 Å². The van der Waals surface area contributed by atoms with Crippen molar-refractivity contribution in [2.24, 2.45) is 5.73 Å². The third-order valence-electron chi connectivity index (χ3n) is 3.35. The Morgan fingerprint density at radius 1 is 1.50 bits per heavy atom. The van der Waals surface area contributed by atoms with E-state index in [1.54, 1.807) is 32.0 Å². The SMILES string of the molecule is CCNC(C)(CCCOc1cccc(C)c1F)C(N)=O. The van der Waals surface area contributed by atoms with Gasteiger partial charge in [0.25, 0.3) is 0 Å². The highest BCUT2D eigenvalue weighted by Gasteiger charge is 2.29. The maximum atomic E-state index is 13.7. The van der Waals surface area contributed by atoms with Crippen LogP contribution in [0, 0.1) is 12.7 Å². The number of carbonyl (C=O) groups excluding carboxylic acids is 1. The van der Waals surface area contributed by atoms with Crippen molar-refractivity contribution in [3.8, 4) is 5.75 Å². The van der Waals surface area contributed by atoms with Crippen molar-refractivity contribution in [2.75, 3.05) is 13.2 Å². The number of halogens is 1. The number of carbonyl (C=O) groups is 1. The van der Waals surface area contributed by atoms with E-state index in [1.165, 1.54) is 0 Å². The summed E-state index contributed by atoms with van der Waals surface area (Å²) >= 11 is 0. The number of nitrogens with one attached hydrogen (secondary N) is 1. The first-order valence-electron chi connectivity index (χ1n) is 6.83. The second-order valence-corrected chi connectivity index (χ2v) is 5.07. The van der Waals surface area contributed by atoms with Gasteiger partial charge in [-0.2, -0.15) is 0 Å². The van der Waals surface area contributed by atoms with Gasteiger partial charge in [0.15, 0.2) is 11.6 Å². The Morgan fingerprint density at radius 2 is 2.20 bits per heavy atom. The highest BCUT2D eigenvalue weighted by Crippen LogP contribution is 2.20. The number of aryl methyl sites for hydroxylation is 1. The fourth-order valence-electron chi connectivity index (χ4n) is 2.03. The van der Waals surface area contributed by atoms with Crippen LogP contribution < -0.4 is 15.8 Å². The standard InChI is InChI=1S/C15H23FN2O2/c1-4-18-15(3,14(17)19)9-6-10-20-12-8-5-7-11(2)13(12)16/h5,7-8,18H,4,6,9-10H2,1-3H3,(H2,17,19). The van der Waals surface area contributed by atoms with Crippen molar-refractivity contribution >= 4 is 5.91 Å². The van der Waals surface area contributed by atoms with E-state index in [0.29, 0.717) is 31.6 Å². The minimum atomic E-state index is -0.747. The molecule has 1 aromatic rings. The first-order valence-corrected chi connectivity index (χ1v) is 6.83. The summed E-state index contributed by atoms with van der Waals surface area (Å²) in [7, 11) is 0. The molecule has 1 aromatic carbocycles. The van der Waals surface area contributed by atoms with Crippen LogP contribution in [0.1, 0.15) is 32.3 Å². The topological polar surface area (TPSA) is 64.3 Å². The van der Waals surface area contributed by atoms with Crippen molar-refractivity contribution in [1.29, 1.82) is 0 Å². The average Bonchev–Trinajstić information content (AvgIpc) is 2.39. The van der Waals surface area contributed by atoms with Crippen molar-refractivity contribution in [3.05, 3.63) is 29.6 Å². The van der Waals surface area contributed by atoms with E-state index in [0.717, 1.165) is 0 Å². The lowest BCUT2D eigenvalue weighted by Crippen LogP contribution is -2.53.